The fourth-order valence-corrected chi connectivity index (χ4v) is 3.71. The lowest BCUT2D eigenvalue weighted by Gasteiger charge is -2.15. The van der Waals surface area contributed by atoms with Gasteiger partial charge >= 0.3 is 5.97 Å². The third-order valence-electron chi connectivity index (χ3n) is 3.71. The van der Waals surface area contributed by atoms with Gasteiger partial charge in [-0.3, -0.25) is 4.79 Å². The number of esters is 1. The van der Waals surface area contributed by atoms with Gasteiger partial charge in [0.1, 0.15) is 0 Å². The second kappa shape index (κ2) is 9.38. The first-order valence-corrected chi connectivity index (χ1v) is 10.2. The molecule has 2 aromatic carbocycles. The Morgan fingerprint density at radius 1 is 1.07 bits per heavy atom. The minimum Gasteiger partial charge on any atom is -0.452 e. The number of ether oxygens (including phenoxy) is 1. The van der Waals surface area contributed by atoms with Crippen molar-refractivity contribution in [3.05, 3.63) is 63.6 Å². The monoisotopic (exact) mass is 444 g/mol. The van der Waals surface area contributed by atoms with Crippen LogP contribution in [0, 0.1) is 0 Å². The fraction of sp³-hybridized carbons (Fsp3) is 0.222. The molecular weight excluding hydrogens is 427 g/mol. The number of sulfonamides is 1. The van der Waals surface area contributed by atoms with E-state index in [0.29, 0.717) is 5.56 Å². The Morgan fingerprint density at radius 3 is 2.43 bits per heavy atom. The molecule has 2 rings (SSSR count). The van der Waals surface area contributed by atoms with Crippen molar-refractivity contribution in [1.29, 1.82) is 0 Å². The molecule has 150 valence electrons. The summed E-state index contributed by atoms with van der Waals surface area (Å²) in [7, 11) is -0.813. The van der Waals surface area contributed by atoms with E-state index < -0.39 is 28.5 Å². The molecule has 0 saturated heterocycles. The maximum atomic E-state index is 12.3. The van der Waals surface area contributed by atoms with Crippen molar-refractivity contribution >= 4 is 45.1 Å². The van der Waals surface area contributed by atoms with Crippen LogP contribution in [-0.2, 0) is 26.1 Å². The van der Waals surface area contributed by atoms with Crippen LogP contribution in [0.2, 0.25) is 10.0 Å². The third kappa shape index (κ3) is 5.23. The van der Waals surface area contributed by atoms with E-state index in [9.17, 15) is 18.0 Å². The Bertz CT molecular complexity index is 993. The van der Waals surface area contributed by atoms with E-state index >= 15 is 0 Å². The summed E-state index contributed by atoms with van der Waals surface area (Å²) in [5, 5.41) is 2.76. The van der Waals surface area contributed by atoms with Gasteiger partial charge in [0.25, 0.3) is 5.91 Å². The third-order valence-corrected chi connectivity index (χ3v) is 6.45. The SMILES string of the molecule is CN(C)S(=O)(=O)c1ccccc1CNC(=O)COC(=O)c1cccc(Cl)c1Cl. The lowest BCUT2D eigenvalue weighted by Crippen LogP contribution is -2.30. The minimum absolute atomic E-state index is 0.0393. The Kier molecular flexibility index (Phi) is 7.42. The highest BCUT2D eigenvalue weighted by Gasteiger charge is 2.21. The predicted molar refractivity (Wildman–Crippen MR) is 106 cm³/mol. The van der Waals surface area contributed by atoms with Gasteiger partial charge in [-0.15, -0.1) is 0 Å². The zero-order chi connectivity index (χ0) is 20.9. The van der Waals surface area contributed by atoms with E-state index in [1.165, 1.54) is 38.4 Å². The van der Waals surface area contributed by atoms with Crippen LogP contribution in [0.1, 0.15) is 15.9 Å². The van der Waals surface area contributed by atoms with Gasteiger partial charge in [-0.05, 0) is 23.8 Å². The summed E-state index contributed by atoms with van der Waals surface area (Å²) in [4.78, 5) is 24.1. The first-order chi connectivity index (χ1) is 13.1. The van der Waals surface area contributed by atoms with Crippen LogP contribution in [0.3, 0.4) is 0 Å². The molecule has 0 spiro atoms. The van der Waals surface area contributed by atoms with Gasteiger partial charge in [-0.1, -0.05) is 47.5 Å². The van der Waals surface area contributed by atoms with Crippen LogP contribution in [0.25, 0.3) is 0 Å². The highest BCUT2D eigenvalue weighted by atomic mass is 35.5. The lowest BCUT2D eigenvalue weighted by molar-refractivity contribution is -0.124. The van der Waals surface area contributed by atoms with Crippen molar-refractivity contribution in [2.75, 3.05) is 20.7 Å². The average molecular weight is 445 g/mol. The number of carbonyl (C=O) groups is 2. The highest BCUT2D eigenvalue weighted by Crippen LogP contribution is 2.26. The largest absolute Gasteiger partial charge is 0.452 e. The van der Waals surface area contributed by atoms with Gasteiger partial charge in [0.05, 0.1) is 20.5 Å². The van der Waals surface area contributed by atoms with E-state index in [1.807, 2.05) is 0 Å². The van der Waals surface area contributed by atoms with Crippen LogP contribution in [0.15, 0.2) is 47.4 Å². The predicted octanol–water partition coefficient (Wildman–Crippen LogP) is 2.72. The second-order valence-corrected chi connectivity index (χ2v) is 8.75. The number of halogens is 2. The maximum Gasteiger partial charge on any atom is 0.340 e. The van der Waals surface area contributed by atoms with Crippen LogP contribution >= 0.6 is 23.2 Å². The molecular formula is C18H18Cl2N2O5S. The lowest BCUT2D eigenvalue weighted by atomic mass is 10.2. The highest BCUT2D eigenvalue weighted by molar-refractivity contribution is 7.89. The van der Waals surface area contributed by atoms with E-state index in [0.717, 1.165) is 4.31 Å². The van der Waals surface area contributed by atoms with Gasteiger partial charge in [0.2, 0.25) is 10.0 Å². The summed E-state index contributed by atoms with van der Waals surface area (Å²) in [5.41, 5.74) is 0.457. The summed E-state index contributed by atoms with van der Waals surface area (Å²) in [6, 6.07) is 10.8. The van der Waals surface area contributed by atoms with Crippen molar-refractivity contribution < 1.29 is 22.7 Å². The molecule has 0 saturated carbocycles. The molecule has 0 radical (unpaired) electrons. The molecule has 0 aliphatic rings. The Balaban J connectivity index is 1.99. The molecule has 0 bridgehead atoms. The zero-order valence-corrected chi connectivity index (χ0v) is 17.4. The van der Waals surface area contributed by atoms with Crippen molar-refractivity contribution in [2.45, 2.75) is 11.4 Å². The summed E-state index contributed by atoms with van der Waals surface area (Å²) >= 11 is 11.8. The summed E-state index contributed by atoms with van der Waals surface area (Å²) in [6.45, 7) is -0.595. The van der Waals surface area contributed by atoms with Crippen molar-refractivity contribution in [3.8, 4) is 0 Å². The molecule has 0 aliphatic heterocycles. The Labute approximate surface area is 173 Å². The van der Waals surface area contributed by atoms with Crippen LogP contribution in [0.5, 0.6) is 0 Å². The number of nitrogens with zero attached hydrogens (tertiary/aromatic N) is 1. The molecule has 0 atom stereocenters. The Morgan fingerprint density at radius 2 is 1.75 bits per heavy atom. The van der Waals surface area contributed by atoms with Gasteiger partial charge in [-0.2, -0.15) is 0 Å². The molecule has 28 heavy (non-hydrogen) atoms. The topological polar surface area (TPSA) is 92.8 Å². The summed E-state index contributed by atoms with van der Waals surface area (Å²) < 4.78 is 30.7. The minimum atomic E-state index is -3.66. The van der Waals surface area contributed by atoms with Gasteiger partial charge in [-0.25, -0.2) is 17.5 Å². The van der Waals surface area contributed by atoms with Gasteiger partial charge < -0.3 is 10.1 Å². The summed E-state index contributed by atoms with van der Waals surface area (Å²) in [6.07, 6.45) is 0. The molecule has 0 aromatic heterocycles. The first-order valence-electron chi connectivity index (χ1n) is 8.03. The van der Waals surface area contributed by atoms with Crippen molar-refractivity contribution in [1.82, 2.24) is 9.62 Å². The number of hydrogen-bond donors (Lipinski definition) is 1. The standard InChI is InChI=1S/C18H18Cl2N2O5S/c1-22(2)28(25,26)15-9-4-3-6-12(15)10-21-16(23)11-27-18(24)13-7-5-8-14(19)17(13)20/h3-9H,10-11H2,1-2H3,(H,21,23). The Hall–Kier alpha value is -2.13. The molecule has 0 heterocycles. The number of rotatable bonds is 7. The zero-order valence-electron chi connectivity index (χ0n) is 15.1. The van der Waals surface area contributed by atoms with Crippen LogP contribution in [-0.4, -0.2) is 45.3 Å². The smallest absolute Gasteiger partial charge is 0.340 e. The molecule has 1 N–H and O–H groups in total. The molecule has 2 aromatic rings. The second-order valence-electron chi connectivity index (χ2n) is 5.85. The fourth-order valence-electron chi connectivity index (χ4n) is 2.21. The number of amides is 1. The maximum absolute atomic E-state index is 12.3. The van der Waals surface area contributed by atoms with Crippen molar-refractivity contribution in [2.24, 2.45) is 0 Å². The van der Waals surface area contributed by atoms with Crippen LogP contribution < -0.4 is 5.32 Å². The number of carbonyl (C=O) groups excluding carboxylic acids is 2. The van der Waals surface area contributed by atoms with E-state index in [4.69, 9.17) is 27.9 Å². The van der Waals surface area contributed by atoms with E-state index in [-0.39, 0.29) is 27.0 Å². The van der Waals surface area contributed by atoms with E-state index in [2.05, 4.69) is 5.32 Å². The normalized spacial score (nSPS) is 11.3. The number of hydrogen-bond acceptors (Lipinski definition) is 5. The van der Waals surface area contributed by atoms with E-state index in [1.54, 1.807) is 18.2 Å². The first kappa shape index (κ1) is 22.2. The quantitative estimate of drug-likeness (QED) is 0.662. The van der Waals surface area contributed by atoms with Crippen LogP contribution in [0.4, 0.5) is 0 Å². The molecule has 0 unspecified atom stereocenters. The number of benzene rings is 2. The summed E-state index contributed by atoms with van der Waals surface area (Å²) in [5.74, 6) is -1.39. The molecule has 7 nitrogen and oxygen atoms in total. The molecule has 1 amide bonds. The average Bonchev–Trinajstić information content (AvgIpc) is 2.66. The number of nitrogens with one attached hydrogen (secondary N) is 1. The molecule has 10 heteroatoms. The van der Waals surface area contributed by atoms with Gasteiger partial charge in [0, 0.05) is 20.6 Å². The van der Waals surface area contributed by atoms with Crippen molar-refractivity contribution in [3.63, 3.8) is 0 Å². The molecule has 0 aliphatic carbocycles. The molecule has 0 fully saturated rings. The van der Waals surface area contributed by atoms with Gasteiger partial charge in [0.15, 0.2) is 6.61 Å².